The standard InChI is InChI=1S/C20H16BCl2NO3/c1-12-5-7-14(10-16(12)22)21(15-8-6-13(2)17(23)11-15)27-20(26)19-18(25)4-3-9-24-19/h3-11,25H,1-2H3. The molecule has 2 aromatic carbocycles. The minimum Gasteiger partial charge on any atom is -0.521 e. The number of aromatic nitrogens is 1. The number of halogens is 2. The topological polar surface area (TPSA) is 59.4 Å². The molecule has 0 aliphatic rings. The fourth-order valence-electron chi connectivity index (χ4n) is 2.59. The van der Waals surface area contributed by atoms with Gasteiger partial charge in [0.1, 0.15) is 5.75 Å². The van der Waals surface area contributed by atoms with Gasteiger partial charge in [-0.15, -0.1) is 0 Å². The Morgan fingerprint density at radius 3 is 2.04 bits per heavy atom. The van der Waals surface area contributed by atoms with E-state index in [1.165, 1.54) is 18.3 Å². The molecular formula is C20H16BCl2NO3. The van der Waals surface area contributed by atoms with Gasteiger partial charge in [-0.1, -0.05) is 47.5 Å². The molecule has 27 heavy (non-hydrogen) atoms. The molecule has 0 radical (unpaired) electrons. The summed E-state index contributed by atoms with van der Waals surface area (Å²) >= 11 is 12.5. The van der Waals surface area contributed by atoms with Crippen molar-refractivity contribution in [3.63, 3.8) is 0 Å². The van der Waals surface area contributed by atoms with Crippen molar-refractivity contribution >= 4 is 47.0 Å². The first kappa shape index (κ1) is 19.3. The van der Waals surface area contributed by atoms with Crippen LogP contribution in [0.25, 0.3) is 0 Å². The van der Waals surface area contributed by atoms with Crippen molar-refractivity contribution < 1.29 is 14.6 Å². The second-order valence-corrected chi connectivity index (χ2v) is 6.99. The minimum atomic E-state index is -0.755. The largest absolute Gasteiger partial charge is 0.521 e. The molecule has 3 aromatic rings. The van der Waals surface area contributed by atoms with E-state index in [9.17, 15) is 9.90 Å². The lowest BCUT2D eigenvalue weighted by Crippen LogP contribution is -2.46. The lowest BCUT2D eigenvalue weighted by Gasteiger charge is -2.17. The van der Waals surface area contributed by atoms with Crippen molar-refractivity contribution in [2.75, 3.05) is 0 Å². The summed E-state index contributed by atoms with van der Waals surface area (Å²) in [5.74, 6) is -0.989. The van der Waals surface area contributed by atoms with Gasteiger partial charge in [0, 0.05) is 16.2 Å². The van der Waals surface area contributed by atoms with E-state index < -0.39 is 12.9 Å². The Balaban J connectivity index is 2.04. The molecule has 0 saturated carbocycles. The third kappa shape index (κ3) is 4.26. The first-order valence-corrected chi connectivity index (χ1v) is 8.99. The molecule has 0 aliphatic carbocycles. The number of nitrogens with zero attached hydrogens (tertiary/aromatic N) is 1. The smallest absolute Gasteiger partial charge is 0.430 e. The molecule has 0 saturated heterocycles. The van der Waals surface area contributed by atoms with Gasteiger partial charge in [-0.05, 0) is 60.2 Å². The fourth-order valence-corrected chi connectivity index (χ4v) is 2.97. The summed E-state index contributed by atoms with van der Waals surface area (Å²) in [6.45, 7) is 3.03. The Morgan fingerprint density at radius 2 is 1.56 bits per heavy atom. The molecule has 4 nitrogen and oxygen atoms in total. The van der Waals surface area contributed by atoms with Crippen LogP contribution in [0.5, 0.6) is 5.75 Å². The maximum atomic E-state index is 12.6. The number of carbonyl (C=O) groups is 1. The highest BCUT2D eigenvalue weighted by Crippen LogP contribution is 2.17. The highest BCUT2D eigenvalue weighted by Gasteiger charge is 2.29. The summed E-state index contributed by atoms with van der Waals surface area (Å²) in [7, 11) is 0. The average molecular weight is 400 g/mol. The Labute approximate surface area is 167 Å². The second-order valence-electron chi connectivity index (χ2n) is 6.17. The van der Waals surface area contributed by atoms with Gasteiger partial charge in [0.15, 0.2) is 5.69 Å². The summed E-state index contributed by atoms with van der Waals surface area (Å²) in [5.41, 5.74) is 3.05. The van der Waals surface area contributed by atoms with Crippen molar-refractivity contribution in [2.24, 2.45) is 0 Å². The van der Waals surface area contributed by atoms with Crippen LogP contribution in [0.3, 0.4) is 0 Å². The maximum Gasteiger partial charge on any atom is 0.430 e. The van der Waals surface area contributed by atoms with Crippen LogP contribution >= 0.6 is 23.2 Å². The van der Waals surface area contributed by atoms with Crippen LogP contribution in [-0.4, -0.2) is 23.0 Å². The third-order valence-corrected chi connectivity index (χ3v) is 5.02. The van der Waals surface area contributed by atoms with Gasteiger partial charge < -0.3 is 9.76 Å². The molecule has 0 bridgehead atoms. The zero-order chi connectivity index (χ0) is 19.6. The molecule has 0 atom stereocenters. The number of pyridine rings is 1. The molecule has 0 spiro atoms. The first-order valence-electron chi connectivity index (χ1n) is 8.24. The van der Waals surface area contributed by atoms with Crippen LogP contribution in [0, 0.1) is 13.8 Å². The summed E-state index contributed by atoms with van der Waals surface area (Å²) in [5, 5.41) is 11.0. The maximum absolute atomic E-state index is 12.6. The molecule has 0 fully saturated rings. The first-order chi connectivity index (χ1) is 12.9. The van der Waals surface area contributed by atoms with Gasteiger partial charge in [-0.25, -0.2) is 9.78 Å². The highest BCUT2D eigenvalue weighted by molar-refractivity contribution is 6.81. The lowest BCUT2D eigenvalue weighted by molar-refractivity contribution is 0.0729. The van der Waals surface area contributed by atoms with Crippen LogP contribution in [-0.2, 0) is 4.65 Å². The van der Waals surface area contributed by atoms with Crippen molar-refractivity contribution in [1.82, 2.24) is 4.98 Å². The lowest BCUT2D eigenvalue weighted by atomic mass is 9.55. The van der Waals surface area contributed by atoms with Crippen LogP contribution in [0.15, 0.2) is 54.7 Å². The zero-order valence-corrected chi connectivity index (χ0v) is 16.3. The summed E-state index contributed by atoms with van der Waals surface area (Å²) in [6, 6.07) is 13.8. The van der Waals surface area contributed by atoms with E-state index in [1.54, 1.807) is 12.1 Å². The molecule has 1 heterocycles. The second kappa shape index (κ2) is 8.03. The number of rotatable bonds is 4. The number of aromatic hydroxyl groups is 1. The van der Waals surface area contributed by atoms with Gasteiger partial charge in [0.25, 0.3) is 0 Å². The predicted octanol–water partition coefficient (Wildman–Crippen LogP) is 3.67. The zero-order valence-electron chi connectivity index (χ0n) is 14.7. The third-order valence-electron chi connectivity index (χ3n) is 4.20. The minimum absolute atomic E-state index is 0.154. The summed E-state index contributed by atoms with van der Waals surface area (Å²) in [6.07, 6.45) is 1.41. The average Bonchev–Trinajstić information content (AvgIpc) is 2.64. The van der Waals surface area contributed by atoms with Gasteiger partial charge >= 0.3 is 12.9 Å². The number of hydrogen-bond acceptors (Lipinski definition) is 4. The molecule has 7 heteroatoms. The monoisotopic (exact) mass is 399 g/mol. The van der Waals surface area contributed by atoms with Crippen LogP contribution in [0.1, 0.15) is 21.6 Å². The van der Waals surface area contributed by atoms with E-state index in [2.05, 4.69) is 4.98 Å². The Hall–Kier alpha value is -2.50. The number of benzene rings is 2. The predicted molar refractivity (Wildman–Crippen MR) is 109 cm³/mol. The van der Waals surface area contributed by atoms with E-state index >= 15 is 0 Å². The fraction of sp³-hybridized carbons (Fsp3) is 0.100. The number of aryl methyl sites for hydroxylation is 2. The molecule has 0 amide bonds. The van der Waals surface area contributed by atoms with Crippen molar-refractivity contribution in [3.05, 3.63) is 81.6 Å². The van der Waals surface area contributed by atoms with E-state index in [0.29, 0.717) is 21.0 Å². The molecule has 1 N–H and O–H groups in total. The number of carbonyl (C=O) groups excluding carboxylic acids is 1. The molecule has 0 aliphatic heterocycles. The SMILES string of the molecule is Cc1ccc(B(OC(=O)c2ncccc2O)c2ccc(C)c(Cl)c2)cc1Cl. The molecule has 1 aromatic heterocycles. The van der Waals surface area contributed by atoms with Gasteiger partial charge in [-0.3, -0.25) is 0 Å². The molecule has 136 valence electrons. The summed E-state index contributed by atoms with van der Waals surface area (Å²) < 4.78 is 5.70. The Morgan fingerprint density at radius 1 is 1.00 bits per heavy atom. The van der Waals surface area contributed by atoms with Gasteiger partial charge in [-0.2, -0.15) is 0 Å². The van der Waals surface area contributed by atoms with E-state index in [1.807, 2.05) is 38.1 Å². The highest BCUT2D eigenvalue weighted by atomic mass is 35.5. The quantitative estimate of drug-likeness (QED) is 0.680. The van der Waals surface area contributed by atoms with Crippen molar-refractivity contribution in [2.45, 2.75) is 13.8 Å². The van der Waals surface area contributed by atoms with Crippen LogP contribution in [0.2, 0.25) is 10.0 Å². The molecular weight excluding hydrogens is 384 g/mol. The van der Waals surface area contributed by atoms with Crippen LogP contribution < -0.4 is 10.9 Å². The normalized spacial score (nSPS) is 10.5. The van der Waals surface area contributed by atoms with Crippen LogP contribution in [0.4, 0.5) is 0 Å². The van der Waals surface area contributed by atoms with Crippen molar-refractivity contribution in [3.8, 4) is 5.75 Å². The van der Waals surface area contributed by atoms with E-state index in [-0.39, 0.29) is 11.4 Å². The summed E-state index contributed by atoms with van der Waals surface area (Å²) in [4.78, 5) is 16.5. The van der Waals surface area contributed by atoms with E-state index in [0.717, 1.165) is 11.1 Å². The van der Waals surface area contributed by atoms with Gasteiger partial charge in [0.05, 0.1) is 0 Å². The molecule has 3 rings (SSSR count). The van der Waals surface area contributed by atoms with E-state index in [4.69, 9.17) is 27.9 Å². The molecule has 0 unspecified atom stereocenters. The number of hydrogen-bond donors (Lipinski definition) is 1. The van der Waals surface area contributed by atoms with Crippen molar-refractivity contribution in [1.29, 1.82) is 0 Å². The van der Waals surface area contributed by atoms with Gasteiger partial charge in [0.2, 0.25) is 0 Å². The Kier molecular flexibility index (Phi) is 5.73. The Bertz CT molecular complexity index is 959.